The zero-order chi connectivity index (χ0) is 22.9. The molecule has 2 aromatic carbocycles. The summed E-state index contributed by atoms with van der Waals surface area (Å²) in [5.74, 6) is 1.44. The van der Waals surface area contributed by atoms with Gasteiger partial charge in [-0.2, -0.15) is 0 Å². The molecule has 0 spiro atoms. The molecule has 3 heterocycles. The highest BCUT2D eigenvalue weighted by molar-refractivity contribution is 7.98. The molecule has 0 atom stereocenters. The fourth-order valence-corrected chi connectivity index (χ4v) is 6.33. The van der Waals surface area contributed by atoms with Crippen molar-refractivity contribution < 1.29 is 9.53 Å². The number of fused-ring (bicyclic) bond motifs is 3. The number of aromatic nitrogens is 2. The van der Waals surface area contributed by atoms with Crippen LogP contribution in [0.25, 0.3) is 15.9 Å². The van der Waals surface area contributed by atoms with E-state index < -0.39 is 0 Å². The van der Waals surface area contributed by atoms with E-state index in [1.165, 1.54) is 11.3 Å². The fourth-order valence-electron chi connectivity index (χ4n) is 4.09. The molecule has 0 saturated heterocycles. The lowest BCUT2D eigenvalue weighted by Crippen LogP contribution is -2.34. The maximum absolute atomic E-state index is 13.9. The summed E-state index contributed by atoms with van der Waals surface area (Å²) in [4.78, 5) is 34.4. The van der Waals surface area contributed by atoms with E-state index in [2.05, 4.69) is 12.1 Å². The number of amides is 1. The summed E-state index contributed by atoms with van der Waals surface area (Å²) >= 11 is 3.07. The van der Waals surface area contributed by atoms with Crippen LogP contribution in [0.1, 0.15) is 22.9 Å². The number of hydrogen-bond acceptors (Lipinski definition) is 6. The quantitative estimate of drug-likeness (QED) is 0.309. The predicted molar refractivity (Wildman–Crippen MR) is 133 cm³/mol. The third-order valence-electron chi connectivity index (χ3n) is 5.81. The molecule has 1 aliphatic rings. The van der Waals surface area contributed by atoms with E-state index >= 15 is 0 Å². The lowest BCUT2D eigenvalue weighted by Gasteiger charge is -2.25. The van der Waals surface area contributed by atoms with Crippen LogP contribution < -0.4 is 10.3 Å². The summed E-state index contributed by atoms with van der Waals surface area (Å²) in [5.41, 5.74) is 2.85. The summed E-state index contributed by atoms with van der Waals surface area (Å²) in [6.07, 6.45) is 0.667. The highest BCUT2D eigenvalue weighted by Gasteiger charge is 2.26. The number of thiophene rings is 1. The van der Waals surface area contributed by atoms with Gasteiger partial charge in [-0.15, -0.1) is 11.3 Å². The van der Waals surface area contributed by atoms with Gasteiger partial charge in [0.05, 0.1) is 24.7 Å². The van der Waals surface area contributed by atoms with Crippen LogP contribution in [0.2, 0.25) is 0 Å². The Labute approximate surface area is 199 Å². The van der Waals surface area contributed by atoms with Gasteiger partial charge in [0.15, 0.2) is 5.16 Å². The first-order chi connectivity index (χ1) is 16.0. The molecule has 1 aliphatic heterocycles. The van der Waals surface area contributed by atoms with Crippen LogP contribution in [0, 0.1) is 0 Å². The minimum absolute atomic E-state index is 0.0546. The molecular weight excluding hydrogens is 454 g/mol. The molecule has 2 aromatic heterocycles. The minimum Gasteiger partial charge on any atom is -0.497 e. The molecule has 8 heteroatoms. The van der Waals surface area contributed by atoms with E-state index in [4.69, 9.17) is 9.72 Å². The summed E-state index contributed by atoms with van der Waals surface area (Å²) in [6.45, 7) is 2.75. The molecule has 0 aliphatic carbocycles. The molecule has 0 unspecified atom stereocenters. The molecule has 33 heavy (non-hydrogen) atoms. The summed E-state index contributed by atoms with van der Waals surface area (Å²) in [7, 11) is 1.62. The number of methoxy groups -OCH3 is 1. The van der Waals surface area contributed by atoms with E-state index in [0.29, 0.717) is 41.6 Å². The topological polar surface area (TPSA) is 64.4 Å². The van der Waals surface area contributed by atoms with Gasteiger partial charge in [0, 0.05) is 30.2 Å². The van der Waals surface area contributed by atoms with Crippen molar-refractivity contribution in [2.45, 2.75) is 30.8 Å². The van der Waals surface area contributed by atoms with Gasteiger partial charge in [-0.05, 0) is 29.7 Å². The lowest BCUT2D eigenvalue weighted by molar-refractivity contribution is -0.129. The van der Waals surface area contributed by atoms with Crippen molar-refractivity contribution >= 4 is 39.2 Å². The average Bonchev–Trinajstić information content (AvgIpc) is 3.21. The Hall–Kier alpha value is -3.10. The standard InChI is InChI=1S/C25H23N3O3S2/c1-16(29)27-12-11-20-21(14-27)33-23-22(20)24(30)28(18-9-6-10-19(13-18)31-2)25(26-23)32-15-17-7-4-3-5-8-17/h3-10,13H,11-12,14-15H2,1-2H3. The molecular formula is C25H23N3O3S2. The molecule has 0 saturated carbocycles. The number of nitrogens with zero attached hydrogens (tertiary/aromatic N) is 3. The van der Waals surface area contributed by atoms with Gasteiger partial charge in [0.2, 0.25) is 5.91 Å². The molecule has 168 valence electrons. The third-order valence-corrected chi connectivity index (χ3v) is 7.93. The molecule has 0 fully saturated rings. The van der Waals surface area contributed by atoms with Crippen molar-refractivity contribution in [2.75, 3.05) is 13.7 Å². The Morgan fingerprint density at radius 3 is 2.76 bits per heavy atom. The molecule has 0 N–H and O–H groups in total. The van der Waals surface area contributed by atoms with Crippen LogP contribution in [0.3, 0.4) is 0 Å². The highest BCUT2D eigenvalue weighted by atomic mass is 32.2. The van der Waals surface area contributed by atoms with Crippen molar-refractivity contribution in [3.05, 3.63) is 81.0 Å². The summed E-state index contributed by atoms with van der Waals surface area (Å²) < 4.78 is 7.10. The third kappa shape index (κ3) is 4.16. The maximum Gasteiger partial charge on any atom is 0.267 e. The maximum atomic E-state index is 13.9. The second-order valence-corrected chi connectivity index (χ2v) is 9.91. The van der Waals surface area contributed by atoms with Gasteiger partial charge in [0.1, 0.15) is 10.6 Å². The van der Waals surface area contributed by atoms with Gasteiger partial charge in [-0.1, -0.05) is 48.2 Å². The van der Waals surface area contributed by atoms with Crippen molar-refractivity contribution in [1.82, 2.24) is 14.5 Å². The van der Waals surface area contributed by atoms with Crippen LogP contribution in [-0.4, -0.2) is 34.0 Å². The van der Waals surface area contributed by atoms with Crippen LogP contribution >= 0.6 is 23.1 Å². The second-order valence-electron chi connectivity index (χ2n) is 7.89. The normalized spacial score (nSPS) is 13.2. The molecule has 0 bridgehead atoms. The first kappa shape index (κ1) is 21.7. The van der Waals surface area contributed by atoms with E-state index in [-0.39, 0.29) is 11.5 Å². The number of hydrogen-bond donors (Lipinski definition) is 0. The SMILES string of the molecule is COc1cccc(-n2c(SCc3ccccc3)nc3sc4c(c3c2=O)CCN(C(C)=O)C4)c1. The van der Waals surface area contributed by atoms with Crippen LogP contribution in [0.4, 0.5) is 0 Å². The van der Waals surface area contributed by atoms with Crippen molar-refractivity contribution in [3.63, 3.8) is 0 Å². The smallest absolute Gasteiger partial charge is 0.267 e. The number of carbonyl (C=O) groups is 1. The fraction of sp³-hybridized carbons (Fsp3) is 0.240. The van der Waals surface area contributed by atoms with E-state index in [1.54, 1.807) is 30.4 Å². The van der Waals surface area contributed by atoms with E-state index in [9.17, 15) is 9.59 Å². The summed E-state index contributed by atoms with van der Waals surface area (Å²) in [6, 6.07) is 17.7. The van der Waals surface area contributed by atoms with Crippen molar-refractivity contribution in [3.8, 4) is 11.4 Å². The zero-order valence-corrected chi connectivity index (χ0v) is 20.0. The van der Waals surface area contributed by atoms with E-state index in [1.807, 2.05) is 47.4 Å². The van der Waals surface area contributed by atoms with Crippen LogP contribution in [0.15, 0.2) is 64.5 Å². The van der Waals surface area contributed by atoms with Gasteiger partial charge < -0.3 is 9.64 Å². The molecule has 0 radical (unpaired) electrons. The van der Waals surface area contributed by atoms with Crippen molar-refractivity contribution in [2.24, 2.45) is 0 Å². The van der Waals surface area contributed by atoms with Crippen molar-refractivity contribution in [1.29, 1.82) is 0 Å². The largest absolute Gasteiger partial charge is 0.497 e. The number of benzene rings is 2. The highest BCUT2D eigenvalue weighted by Crippen LogP contribution is 2.35. The number of carbonyl (C=O) groups excluding carboxylic acids is 1. The number of ether oxygens (including phenoxy) is 1. The first-order valence-electron chi connectivity index (χ1n) is 10.7. The van der Waals surface area contributed by atoms with Crippen LogP contribution in [-0.2, 0) is 23.5 Å². The van der Waals surface area contributed by atoms with Gasteiger partial charge in [-0.25, -0.2) is 4.98 Å². The Balaban J connectivity index is 1.66. The monoisotopic (exact) mass is 477 g/mol. The zero-order valence-electron chi connectivity index (χ0n) is 18.4. The van der Waals surface area contributed by atoms with Crippen LogP contribution in [0.5, 0.6) is 5.75 Å². The molecule has 1 amide bonds. The first-order valence-corrected chi connectivity index (χ1v) is 12.5. The second kappa shape index (κ2) is 9.03. The molecule has 6 nitrogen and oxygen atoms in total. The van der Waals surface area contributed by atoms with E-state index in [0.717, 1.165) is 26.5 Å². The minimum atomic E-state index is -0.0717. The Morgan fingerprint density at radius 2 is 2.00 bits per heavy atom. The summed E-state index contributed by atoms with van der Waals surface area (Å²) in [5, 5.41) is 1.32. The Bertz CT molecular complexity index is 1400. The Morgan fingerprint density at radius 1 is 1.18 bits per heavy atom. The number of thioether (sulfide) groups is 1. The van der Waals surface area contributed by atoms with Gasteiger partial charge in [0.25, 0.3) is 5.56 Å². The molecule has 5 rings (SSSR count). The van der Waals surface area contributed by atoms with Gasteiger partial charge >= 0.3 is 0 Å². The van der Waals surface area contributed by atoms with Gasteiger partial charge in [-0.3, -0.25) is 14.2 Å². The Kier molecular flexibility index (Phi) is 5.95. The predicted octanol–water partition coefficient (Wildman–Crippen LogP) is 4.65. The number of rotatable bonds is 5. The average molecular weight is 478 g/mol. The molecule has 4 aromatic rings. The lowest BCUT2D eigenvalue weighted by atomic mass is 10.1.